The van der Waals surface area contributed by atoms with E-state index in [-0.39, 0.29) is 0 Å². The van der Waals surface area contributed by atoms with Crippen molar-refractivity contribution in [2.24, 2.45) is 0 Å². The van der Waals surface area contributed by atoms with Gasteiger partial charge in [0, 0.05) is 49.2 Å². The molecule has 1 aliphatic rings. The van der Waals surface area contributed by atoms with Crippen molar-refractivity contribution in [3.63, 3.8) is 0 Å². The largest absolute Gasteiger partial charge is 0.351 e. The third kappa shape index (κ3) is 2.99. The van der Waals surface area contributed by atoms with Gasteiger partial charge in [-0.05, 0) is 30.5 Å². The summed E-state index contributed by atoms with van der Waals surface area (Å²) < 4.78 is 0. The van der Waals surface area contributed by atoms with E-state index in [0.717, 1.165) is 24.0 Å². The molecule has 2 heterocycles. The van der Waals surface area contributed by atoms with Crippen molar-refractivity contribution >= 4 is 11.7 Å². The number of rotatable bonds is 3. The molecule has 5 nitrogen and oxygen atoms in total. The van der Waals surface area contributed by atoms with E-state index in [1.165, 1.54) is 0 Å². The Morgan fingerprint density at radius 2 is 1.65 bits per heavy atom. The van der Waals surface area contributed by atoms with Crippen LogP contribution in [0.15, 0.2) is 36.9 Å². The summed E-state index contributed by atoms with van der Waals surface area (Å²) in [7, 11) is 0. The van der Waals surface area contributed by atoms with E-state index >= 15 is 0 Å². The van der Waals surface area contributed by atoms with E-state index in [1.54, 1.807) is 24.8 Å². The number of nitrogens with zero attached hydrogens (tertiary/aromatic N) is 3. The van der Waals surface area contributed by atoms with E-state index in [2.05, 4.69) is 20.3 Å². The van der Waals surface area contributed by atoms with Crippen LogP contribution in [0.4, 0.5) is 5.95 Å². The Labute approximate surface area is 117 Å². The third-order valence-electron chi connectivity index (χ3n) is 3.54. The average molecular weight is 268 g/mol. The third-order valence-corrected chi connectivity index (χ3v) is 3.54. The van der Waals surface area contributed by atoms with Crippen molar-refractivity contribution in [3.05, 3.63) is 36.9 Å². The van der Waals surface area contributed by atoms with Gasteiger partial charge in [-0.15, -0.1) is 0 Å². The Balaban J connectivity index is 1.66. The van der Waals surface area contributed by atoms with Gasteiger partial charge in [-0.2, -0.15) is 0 Å². The molecule has 0 aliphatic heterocycles. The van der Waals surface area contributed by atoms with Gasteiger partial charge in [0.05, 0.1) is 0 Å². The number of carbonyl (C=O) groups excluding carboxylic acids is 1. The van der Waals surface area contributed by atoms with Crippen LogP contribution in [-0.4, -0.2) is 26.8 Å². The highest BCUT2D eigenvalue weighted by Gasteiger charge is 2.18. The first-order valence-electron chi connectivity index (χ1n) is 6.82. The van der Waals surface area contributed by atoms with Crippen LogP contribution in [0, 0.1) is 0 Å². The van der Waals surface area contributed by atoms with Gasteiger partial charge < -0.3 is 5.32 Å². The summed E-state index contributed by atoms with van der Waals surface area (Å²) in [5.41, 5.74) is 2.02. The Morgan fingerprint density at radius 1 is 1.00 bits per heavy atom. The Kier molecular flexibility index (Phi) is 3.67. The van der Waals surface area contributed by atoms with Gasteiger partial charge in [0.1, 0.15) is 5.78 Å². The minimum Gasteiger partial charge on any atom is -0.351 e. The van der Waals surface area contributed by atoms with Crippen LogP contribution in [0.5, 0.6) is 0 Å². The molecule has 0 bridgehead atoms. The van der Waals surface area contributed by atoms with Crippen molar-refractivity contribution in [3.8, 4) is 11.1 Å². The number of hydrogen-bond donors (Lipinski definition) is 1. The predicted molar refractivity (Wildman–Crippen MR) is 76.1 cm³/mol. The van der Waals surface area contributed by atoms with Gasteiger partial charge in [-0.1, -0.05) is 0 Å². The van der Waals surface area contributed by atoms with Crippen LogP contribution in [0.2, 0.25) is 0 Å². The number of anilines is 1. The minimum atomic E-state index is 0.305. The first-order valence-corrected chi connectivity index (χ1v) is 6.82. The summed E-state index contributed by atoms with van der Waals surface area (Å²) in [5.74, 6) is 0.985. The summed E-state index contributed by atoms with van der Waals surface area (Å²) >= 11 is 0. The molecule has 102 valence electrons. The smallest absolute Gasteiger partial charge is 0.222 e. The molecule has 1 aliphatic carbocycles. The highest BCUT2D eigenvalue weighted by atomic mass is 16.1. The van der Waals surface area contributed by atoms with Crippen LogP contribution in [0.3, 0.4) is 0 Å². The van der Waals surface area contributed by atoms with Crippen LogP contribution in [0.1, 0.15) is 25.7 Å². The molecule has 0 spiro atoms. The van der Waals surface area contributed by atoms with Crippen LogP contribution in [-0.2, 0) is 4.79 Å². The molecule has 0 radical (unpaired) electrons. The Bertz CT molecular complexity index is 573. The zero-order valence-electron chi connectivity index (χ0n) is 11.1. The standard InChI is InChI=1S/C15H16N4O/c20-14-3-1-13(2-4-14)19-15-17-9-12(10-18-15)11-5-7-16-8-6-11/h5-10,13H,1-4H2,(H,17,18,19). The summed E-state index contributed by atoms with van der Waals surface area (Å²) in [4.78, 5) is 23.9. The highest BCUT2D eigenvalue weighted by molar-refractivity contribution is 5.79. The second-order valence-corrected chi connectivity index (χ2v) is 4.99. The lowest BCUT2D eigenvalue weighted by Crippen LogP contribution is -2.26. The Hall–Kier alpha value is -2.30. The van der Waals surface area contributed by atoms with Crippen LogP contribution < -0.4 is 5.32 Å². The van der Waals surface area contributed by atoms with E-state index in [4.69, 9.17) is 0 Å². The number of Topliss-reactive ketones (excluding diaryl/α,β-unsaturated/α-hetero) is 1. The van der Waals surface area contributed by atoms with Crippen molar-refractivity contribution in [1.82, 2.24) is 15.0 Å². The number of hydrogen-bond acceptors (Lipinski definition) is 5. The minimum absolute atomic E-state index is 0.305. The quantitative estimate of drug-likeness (QED) is 0.926. The molecule has 0 unspecified atom stereocenters. The fraction of sp³-hybridized carbons (Fsp3) is 0.333. The molecule has 2 aromatic heterocycles. The molecule has 0 atom stereocenters. The molecule has 0 saturated heterocycles. The summed E-state index contributed by atoms with van der Waals surface area (Å²) in [6.45, 7) is 0. The summed E-state index contributed by atoms with van der Waals surface area (Å²) in [6, 6.07) is 4.16. The van der Waals surface area contributed by atoms with E-state index in [9.17, 15) is 4.79 Å². The molecule has 2 aromatic rings. The van der Waals surface area contributed by atoms with Crippen molar-refractivity contribution < 1.29 is 4.79 Å². The molecule has 3 rings (SSSR count). The summed E-state index contributed by atoms with van der Waals surface area (Å²) in [6.07, 6.45) is 10.2. The molecule has 0 amide bonds. The zero-order chi connectivity index (χ0) is 13.8. The zero-order valence-corrected chi connectivity index (χ0v) is 11.1. The maximum absolute atomic E-state index is 11.2. The molecule has 1 saturated carbocycles. The fourth-order valence-electron chi connectivity index (χ4n) is 2.36. The predicted octanol–water partition coefficient (Wildman–Crippen LogP) is 2.46. The normalized spacial score (nSPS) is 16.1. The van der Waals surface area contributed by atoms with Crippen molar-refractivity contribution in [1.29, 1.82) is 0 Å². The number of aromatic nitrogens is 3. The molecule has 1 fully saturated rings. The molecular formula is C15H16N4O. The number of nitrogens with one attached hydrogen (secondary N) is 1. The SMILES string of the molecule is O=C1CCC(Nc2ncc(-c3ccncc3)cn2)CC1. The van der Waals surface area contributed by atoms with Gasteiger partial charge in [-0.25, -0.2) is 9.97 Å². The van der Waals surface area contributed by atoms with Crippen LogP contribution in [0.25, 0.3) is 11.1 Å². The molecular weight excluding hydrogens is 252 g/mol. The summed E-state index contributed by atoms with van der Waals surface area (Å²) in [5, 5.41) is 3.29. The number of ketones is 1. The van der Waals surface area contributed by atoms with Gasteiger partial charge in [0.15, 0.2) is 0 Å². The number of pyridine rings is 1. The monoisotopic (exact) mass is 268 g/mol. The molecule has 5 heteroatoms. The first kappa shape index (κ1) is 12.7. The van der Waals surface area contributed by atoms with E-state index in [1.807, 2.05) is 12.1 Å². The van der Waals surface area contributed by atoms with Gasteiger partial charge in [0.25, 0.3) is 0 Å². The van der Waals surface area contributed by atoms with Gasteiger partial charge >= 0.3 is 0 Å². The molecule has 0 aromatic carbocycles. The van der Waals surface area contributed by atoms with E-state index in [0.29, 0.717) is 30.6 Å². The van der Waals surface area contributed by atoms with Gasteiger partial charge in [-0.3, -0.25) is 9.78 Å². The second-order valence-electron chi connectivity index (χ2n) is 4.99. The molecule has 20 heavy (non-hydrogen) atoms. The van der Waals surface area contributed by atoms with E-state index < -0.39 is 0 Å². The average Bonchev–Trinajstić information content (AvgIpc) is 2.51. The topological polar surface area (TPSA) is 67.8 Å². The Morgan fingerprint density at radius 3 is 2.30 bits per heavy atom. The number of carbonyl (C=O) groups is 1. The van der Waals surface area contributed by atoms with Gasteiger partial charge in [0.2, 0.25) is 5.95 Å². The second kappa shape index (κ2) is 5.77. The fourth-order valence-corrected chi connectivity index (χ4v) is 2.36. The lowest BCUT2D eigenvalue weighted by atomic mass is 9.94. The maximum Gasteiger partial charge on any atom is 0.222 e. The van der Waals surface area contributed by atoms with Crippen molar-refractivity contribution in [2.45, 2.75) is 31.7 Å². The lowest BCUT2D eigenvalue weighted by molar-refractivity contribution is -0.120. The lowest BCUT2D eigenvalue weighted by Gasteiger charge is -2.21. The van der Waals surface area contributed by atoms with Crippen molar-refractivity contribution in [2.75, 3.05) is 5.32 Å². The first-order chi connectivity index (χ1) is 9.81. The molecule has 1 N–H and O–H groups in total. The maximum atomic E-state index is 11.2. The van der Waals surface area contributed by atoms with Crippen LogP contribution >= 0.6 is 0 Å². The highest BCUT2D eigenvalue weighted by Crippen LogP contribution is 2.20.